The van der Waals surface area contributed by atoms with Crippen LogP contribution in [0.15, 0.2) is 28.3 Å². The van der Waals surface area contributed by atoms with Crippen LogP contribution in [0.3, 0.4) is 0 Å². The van der Waals surface area contributed by atoms with Crippen LogP contribution in [0.5, 0.6) is 0 Å². The summed E-state index contributed by atoms with van der Waals surface area (Å²) >= 11 is 0. The van der Waals surface area contributed by atoms with Gasteiger partial charge in [0, 0.05) is 38.7 Å². The Morgan fingerprint density at radius 1 is 1.23 bits per heavy atom. The number of anilines is 1. The first-order valence-corrected chi connectivity index (χ1v) is 12.4. The van der Waals surface area contributed by atoms with Crippen LogP contribution in [0, 0.1) is 5.82 Å². The second-order valence-corrected chi connectivity index (χ2v) is 10.3. The van der Waals surface area contributed by atoms with Crippen molar-refractivity contribution in [3.63, 3.8) is 0 Å². The number of nitrogens with zero attached hydrogens (tertiary/aromatic N) is 3. The molecule has 2 aliphatic heterocycles. The Morgan fingerprint density at radius 2 is 1.94 bits per heavy atom. The fourth-order valence-corrected chi connectivity index (χ4v) is 4.31. The molecule has 0 N–H and O–H groups in total. The second kappa shape index (κ2) is 9.84. The van der Waals surface area contributed by atoms with E-state index in [0.29, 0.717) is 44.7 Å². The van der Waals surface area contributed by atoms with Gasteiger partial charge in [-0.1, -0.05) is 5.16 Å². The lowest BCUT2D eigenvalue weighted by atomic mass is 10.1. The summed E-state index contributed by atoms with van der Waals surface area (Å²) in [6.07, 6.45) is 3.46. The maximum atomic E-state index is 14.5. The van der Waals surface area contributed by atoms with Crippen molar-refractivity contribution < 1.29 is 27.2 Å². The van der Waals surface area contributed by atoms with E-state index in [0.717, 1.165) is 30.9 Å². The van der Waals surface area contributed by atoms with E-state index in [1.54, 1.807) is 4.90 Å². The Kier molecular flexibility index (Phi) is 7.40. The molecule has 2 fully saturated rings. The summed E-state index contributed by atoms with van der Waals surface area (Å²) < 4.78 is 43.0. The van der Waals surface area contributed by atoms with Gasteiger partial charge in [0.25, 0.3) is 0 Å². The number of oxime groups is 1. The van der Waals surface area contributed by atoms with E-state index in [4.69, 9.17) is 9.57 Å². The summed E-state index contributed by atoms with van der Waals surface area (Å²) in [6.45, 7) is 5.85. The van der Waals surface area contributed by atoms with Gasteiger partial charge in [0.2, 0.25) is 0 Å². The predicted octanol–water partition coefficient (Wildman–Crippen LogP) is 3.21. The standard InChI is InChI=1S/C21H30FN3O5S/c1-15(2)29-21(26)24-11-8-17(9-12-24)30-23-16-5-4-10-25(14-16)20-7-6-18(13-19(20)22)31(3,27)28/h6-7,13,15,17H,4-5,8-12,14H2,1-3H3/b23-16-. The summed E-state index contributed by atoms with van der Waals surface area (Å²) in [5, 5.41) is 4.31. The molecule has 31 heavy (non-hydrogen) atoms. The number of halogens is 1. The van der Waals surface area contributed by atoms with E-state index in [1.807, 2.05) is 18.7 Å². The summed E-state index contributed by atoms with van der Waals surface area (Å²) in [5.41, 5.74) is 1.18. The fraction of sp³-hybridized carbons (Fsp3) is 0.619. The first-order chi connectivity index (χ1) is 14.6. The topological polar surface area (TPSA) is 88.5 Å². The van der Waals surface area contributed by atoms with Crippen molar-refractivity contribution >= 4 is 27.3 Å². The van der Waals surface area contributed by atoms with Gasteiger partial charge in [-0.15, -0.1) is 0 Å². The molecule has 1 aromatic carbocycles. The largest absolute Gasteiger partial charge is 0.447 e. The molecule has 8 nitrogen and oxygen atoms in total. The van der Waals surface area contributed by atoms with E-state index in [1.165, 1.54) is 12.1 Å². The first-order valence-electron chi connectivity index (χ1n) is 10.5. The third-order valence-electron chi connectivity index (χ3n) is 5.32. The number of ether oxygens (including phenoxy) is 1. The zero-order valence-electron chi connectivity index (χ0n) is 18.2. The highest BCUT2D eigenvalue weighted by molar-refractivity contribution is 7.90. The highest BCUT2D eigenvalue weighted by Gasteiger charge is 2.26. The fourth-order valence-electron chi connectivity index (χ4n) is 3.68. The lowest BCUT2D eigenvalue weighted by Crippen LogP contribution is -2.41. The molecular weight excluding hydrogens is 425 g/mol. The van der Waals surface area contributed by atoms with Crippen molar-refractivity contribution in [2.45, 2.75) is 56.6 Å². The van der Waals surface area contributed by atoms with Gasteiger partial charge in [-0.05, 0) is 44.9 Å². The number of likely N-dealkylation sites (tertiary alicyclic amines) is 1. The van der Waals surface area contributed by atoms with Gasteiger partial charge in [-0.2, -0.15) is 0 Å². The van der Waals surface area contributed by atoms with E-state index >= 15 is 0 Å². The maximum Gasteiger partial charge on any atom is 0.410 e. The molecule has 0 saturated carbocycles. The zero-order chi connectivity index (χ0) is 22.6. The van der Waals surface area contributed by atoms with E-state index in [9.17, 15) is 17.6 Å². The normalized spacial score (nSPS) is 19.7. The first kappa shape index (κ1) is 23.3. The Morgan fingerprint density at radius 3 is 2.55 bits per heavy atom. The minimum Gasteiger partial charge on any atom is -0.447 e. The van der Waals surface area contributed by atoms with E-state index < -0.39 is 15.7 Å². The number of benzene rings is 1. The highest BCUT2D eigenvalue weighted by atomic mass is 32.2. The minimum absolute atomic E-state index is 0.0356. The molecule has 10 heteroatoms. The third kappa shape index (κ3) is 6.32. The molecule has 0 bridgehead atoms. The summed E-state index contributed by atoms with van der Waals surface area (Å²) in [7, 11) is -3.45. The average Bonchev–Trinajstić information content (AvgIpc) is 2.71. The molecule has 2 aliphatic rings. The van der Waals surface area contributed by atoms with Crippen LogP contribution in [0.4, 0.5) is 14.9 Å². The molecular formula is C21H30FN3O5S. The number of hydrogen-bond donors (Lipinski definition) is 0. The van der Waals surface area contributed by atoms with Gasteiger partial charge in [0.15, 0.2) is 9.84 Å². The van der Waals surface area contributed by atoms with Crippen molar-refractivity contribution in [3.8, 4) is 0 Å². The predicted molar refractivity (Wildman–Crippen MR) is 116 cm³/mol. The molecule has 1 aromatic rings. The molecule has 0 aliphatic carbocycles. The lowest BCUT2D eigenvalue weighted by Gasteiger charge is -2.32. The Balaban J connectivity index is 1.55. The van der Waals surface area contributed by atoms with Crippen LogP contribution in [0.25, 0.3) is 0 Å². The van der Waals surface area contributed by atoms with Crippen molar-refractivity contribution in [2.24, 2.45) is 5.16 Å². The van der Waals surface area contributed by atoms with Crippen molar-refractivity contribution in [3.05, 3.63) is 24.0 Å². The highest BCUT2D eigenvalue weighted by Crippen LogP contribution is 2.25. The maximum absolute atomic E-state index is 14.5. The van der Waals surface area contributed by atoms with Crippen LogP contribution in [0.1, 0.15) is 39.5 Å². The quantitative estimate of drug-likeness (QED) is 0.634. The number of carbonyl (C=O) groups is 1. The van der Waals surface area contributed by atoms with Crippen LogP contribution >= 0.6 is 0 Å². The minimum atomic E-state index is -3.45. The molecule has 172 valence electrons. The number of amides is 1. The van der Waals surface area contributed by atoms with Crippen molar-refractivity contribution in [2.75, 3.05) is 37.3 Å². The van der Waals surface area contributed by atoms with E-state index in [2.05, 4.69) is 5.16 Å². The van der Waals surface area contributed by atoms with Crippen LogP contribution < -0.4 is 4.90 Å². The average molecular weight is 456 g/mol. The van der Waals surface area contributed by atoms with Crippen LogP contribution in [-0.4, -0.2) is 69.8 Å². The molecule has 0 atom stereocenters. The number of rotatable bonds is 5. The molecule has 0 spiro atoms. The van der Waals surface area contributed by atoms with Gasteiger partial charge >= 0.3 is 6.09 Å². The van der Waals surface area contributed by atoms with Crippen LogP contribution in [-0.2, 0) is 19.4 Å². The third-order valence-corrected chi connectivity index (χ3v) is 6.43. The van der Waals surface area contributed by atoms with Crippen molar-refractivity contribution in [1.82, 2.24) is 4.90 Å². The second-order valence-electron chi connectivity index (χ2n) is 8.29. The SMILES string of the molecule is CC(C)OC(=O)N1CCC(O/N=C2/CCCN(c3ccc(S(C)(=O)=O)cc3F)C2)CC1. The number of carbonyl (C=O) groups excluding carboxylic acids is 1. The van der Waals surface area contributed by atoms with Gasteiger partial charge in [-0.3, -0.25) is 0 Å². The van der Waals surface area contributed by atoms with Gasteiger partial charge in [-0.25, -0.2) is 17.6 Å². The van der Waals surface area contributed by atoms with Crippen LogP contribution in [0.2, 0.25) is 0 Å². The van der Waals surface area contributed by atoms with Gasteiger partial charge in [0.05, 0.1) is 28.9 Å². The molecule has 1 amide bonds. The number of hydrogen-bond acceptors (Lipinski definition) is 7. The Hall–Kier alpha value is -2.36. The lowest BCUT2D eigenvalue weighted by molar-refractivity contribution is 0.00422. The molecule has 0 radical (unpaired) electrons. The van der Waals surface area contributed by atoms with Gasteiger partial charge < -0.3 is 19.4 Å². The van der Waals surface area contributed by atoms with Crippen molar-refractivity contribution in [1.29, 1.82) is 0 Å². The molecule has 2 saturated heterocycles. The van der Waals surface area contributed by atoms with E-state index in [-0.39, 0.29) is 23.2 Å². The number of piperidine rings is 2. The van der Waals surface area contributed by atoms with Gasteiger partial charge in [0.1, 0.15) is 11.9 Å². The zero-order valence-corrected chi connectivity index (χ0v) is 19.0. The number of sulfone groups is 1. The smallest absolute Gasteiger partial charge is 0.410 e. The monoisotopic (exact) mass is 455 g/mol. The molecule has 0 aromatic heterocycles. The molecule has 0 unspecified atom stereocenters. The Labute approximate surface area is 182 Å². The summed E-state index contributed by atoms with van der Waals surface area (Å²) in [6, 6.07) is 3.99. The Bertz CT molecular complexity index is 927. The summed E-state index contributed by atoms with van der Waals surface area (Å²) in [5.74, 6) is -0.564. The molecule has 3 rings (SSSR count). The summed E-state index contributed by atoms with van der Waals surface area (Å²) in [4.78, 5) is 21.2. The molecule has 2 heterocycles.